The second-order valence-electron chi connectivity index (χ2n) is 5.12. The first-order valence-corrected chi connectivity index (χ1v) is 7.79. The van der Waals surface area contributed by atoms with Crippen LogP contribution in [0.4, 0.5) is 4.39 Å². The van der Waals surface area contributed by atoms with E-state index in [-0.39, 0.29) is 12.2 Å². The Balaban J connectivity index is 1.73. The van der Waals surface area contributed by atoms with Gasteiger partial charge in [-0.1, -0.05) is 6.92 Å². The van der Waals surface area contributed by atoms with Crippen molar-refractivity contribution < 1.29 is 23.5 Å². The maximum Gasteiger partial charge on any atom is 0.276 e. The van der Waals surface area contributed by atoms with E-state index in [0.717, 1.165) is 24.3 Å². The van der Waals surface area contributed by atoms with Crippen molar-refractivity contribution in [3.63, 3.8) is 0 Å². The standard InChI is InChI=1S/C18H19FN2O4/c1-2-11-24-15-7-9-16(10-8-15)25-12-17(22)20-21-18(23)13-3-5-14(19)6-4-13/h3-10H,2,11-12H2,1H3,(H,20,22)(H,21,23). The van der Waals surface area contributed by atoms with Gasteiger partial charge in [-0.15, -0.1) is 0 Å². The molecular weight excluding hydrogens is 327 g/mol. The summed E-state index contributed by atoms with van der Waals surface area (Å²) >= 11 is 0. The van der Waals surface area contributed by atoms with E-state index in [1.165, 1.54) is 12.1 Å². The van der Waals surface area contributed by atoms with Crippen molar-refractivity contribution in [2.75, 3.05) is 13.2 Å². The molecule has 0 unspecified atom stereocenters. The summed E-state index contributed by atoms with van der Waals surface area (Å²) in [7, 11) is 0. The fourth-order valence-electron chi connectivity index (χ4n) is 1.84. The monoisotopic (exact) mass is 346 g/mol. The zero-order valence-corrected chi connectivity index (χ0v) is 13.8. The van der Waals surface area contributed by atoms with Gasteiger partial charge in [-0.05, 0) is 55.0 Å². The highest BCUT2D eigenvalue weighted by atomic mass is 19.1. The predicted octanol–water partition coefficient (Wildman–Crippen LogP) is 2.45. The van der Waals surface area contributed by atoms with Crippen LogP contribution in [-0.2, 0) is 4.79 Å². The molecule has 2 amide bonds. The molecule has 2 N–H and O–H groups in total. The van der Waals surface area contributed by atoms with Gasteiger partial charge in [-0.25, -0.2) is 4.39 Å². The van der Waals surface area contributed by atoms with Crippen LogP contribution < -0.4 is 20.3 Å². The molecule has 0 saturated carbocycles. The molecule has 0 atom stereocenters. The minimum Gasteiger partial charge on any atom is -0.494 e. The largest absolute Gasteiger partial charge is 0.494 e. The Morgan fingerprint density at radius 3 is 2.12 bits per heavy atom. The third kappa shape index (κ3) is 6.14. The normalized spacial score (nSPS) is 10.0. The van der Waals surface area contributed by atoms with Crippen LogP contribution in [0.25, 0.3) is 0 Å². The van der Waals surface area contributed by atoms with Crippen LogP contribution in [-0.4, -0.2) is 25.0 Å². The molecule has 0 heterocycles. The lowest BCUT2D eigenvalue weighted by Gasteiger charge is -2.09. The molecular formula is C18H19FN2O4. The molecule has 7 heteroatoms. The minimum absolute atomic E-state index is 0.227. The molecule has 0 bridgehead atoms. The smallest absolute Gasteiger partial charge is 0.276 e. The highest BCUT2D eigenvalue weighted by Crippen LogP contribution is 2.17. The first-order chi connectivity index (χ1) is 12.1. The van der Waals surface area contributed by atoms with E-state index in [9.17, 15) is 14.0 Å². The molecule has 6 nitrogen and oxygen atoms in total. The Labute approximate surface area is 144 Å². The first-order valence-electron chi connectivity index (χ1n) is 7.79. The van der Waals surface area contributed by atoms with Crippen LogP contribution in [0.1, 0.15) is 23.7 Å². The molecule has 0 saturated heterocycles. The highest BCUT2D eigenvalue weighted by Gasteiger charge is 2.08. The van der Waals surface area contributed by atoms with Crippen LogP contribution in [0, 0.1) is 5.82 Å². The van der Waals surface area contributed by atoms with Gasteiger partial charge in [0.1, 0.15) is 17.3 Å². The third-order valence-electron chi connectivity index (χ3n) is 3.09. The first kappa shape index (κ1) is 18.3. The van der Waals surface area contributed by atoms with Crippen LogP contribution in [0.15, 0.2) is 48.5 Å². The number of hydrogen-bond acceptors (Lipinski definition) is 4. The summed E-state index contributed by atoms with van der Waals surface area (Å²) in [6.45, 7) is 2.39. The number of hydrazine groups is 1. The Bertz CT molecular complexity index is 702. The van der Waals surface area contributed by atoms with E-state index in [1.807, 2.05) is 6.92 Å². The number of nitrogens with one attached hydrogen (secondary N) is 2. The molecule has 2 aromatic rings. The van der Waals surface area contributed by atoms with Crippen LogP contribution in [0.3, 0.4) is 0 Å². The Hall–Kier alpha value is -3.09. The molecule has 0 radical (unpaired) electrons. The van der Waals surface area contributed by atoms with Crippen molar-refractivity contribution in [2.24, 2.45) is 0 Å². The summed E-state index contributed by atoms with van der Waals surface area (Å²) in [5.41, 5.74) is 4.68. The second-order valence-corrected chi connectivity index (χ2v) is 5.12. The molecule has 0 spiro atoms. The van der Waals surface area contributed by atoms with Crippen molar-refractivity contribution in [1.82, 2.24) is 10.9 Å². The zero-order valence-electron chi connectivity index (χ0n) is 13.8. The molecule has 25 heavy (non-hydrogen) atoms. The van der Waals surface area contributed by atoms with E-state index in [4.69, 9.17) is 9.47 Å². The number of carbonyl (C=O) groups is 2. The lowest BCUT2D eigenvalue weighted by atomic mass is 10.2. The second kappa shape index (κ2) is 9.27. The van der Waals surface area contributed by atoms with E-state index in [1.54, 1.807) is 24.3 Å². The van der Waals surface area contributed by atoms with Gasteiger partial charge in [-0.3, -0.25) is 20.4 Å². The van der Waals surface area contributed by atoms with Crippen molar-refractivity contribution >= 4 is 11.8 Å². The van der Waals surface area contributed by atoms with Crippen LogP contribution >= 0.6 is 0 Å². The van der Waals surface area contributed by atoms with Crippen molar-refractivity contribution in [3.8, 4) is 11.5 Å². The van der Waals surface area contributed by atoms with E-state index in [2.05, 4.69) is 10.9 Å². The molecule has 132 valence electrons. The number of amides is 2. The lowest BCUT2D eigenvalue weighted by Crippen LogP contribution is -2.43. The van der Waals surface area contributed by atoms with Gasteiger partial charge in [0.25, 0.3) is 11.8 Å². The van der Waals surface area contributed by atoms with Gasteiger partial charge >= 0.3 is 0 Å². The van der Waals surface area contributed by atoms with Gasteiger partial charge in [0.05, 0.1) is 6.61 Å². The number of ether oxygens (including phenoxy) is 2. The summed E-state index contributed by atoms with van der Waals surface area (Å²) < 4.78 is 23.5. The van der Waals surface area contributed by atoms with E-state index in [0.29, 0.717) is 12.4 Å². The average Bonchev–Trinajstić information content (AvgIpc) is 2.64. The zero-order chi connectivity index (χ0) is 18.1. The Morgan fingerprint density at radius 2 is 1.52 bits per heavy atom. The molecule has 2 rings (SSSR count). The van der Waals surface area contributed by atoms with E-state index >= 15 is 0 Å². The lowest BCUT2D eigenvalue weighted by molar-refractivity contribution is -0.123. The summed E-state index contributed by atoms with van der Waals surface area (Å²) in [4.78, 5) is 23.4. The molecule has 0 aliphatic rings. The van der Waals surface area contributed by atoms with Crippen molar-refractivity contribution in [3.05, 3.63) is 59.9 Å². The molecule has 0 aliphatic carbocycles. The number of benzene rings is 2. The summed E-state index contributed by atoms with van der Waals surface area (Å²) in [6, 6.07) is 11.8. The maximum atomic E-state index is 12.8. The number of hydrogen-bond donors (Lipinski definition) is 2. The molecule has 2 aromatic carbocycles. The van der Waals surface area contributed by atoms with Crippen LogP contribution in [0.5, 0.6) is 11.5 Å². The fourth-order valence-corrected chi connectivity index (χ4v) is 1.84. The average molecular weight is 346 g/mol. The topological polar surface area (TPSA) is 76.7 Å². The fraction of sp³-hybridized carbons (Fsp3) is 0.222. The summed E-state index contributed by atoms with van der Waals surface area (Å²) in [5.74, 6) is -0.290. The van der Waals surface area contributed by atoms with Gasteiger partial charge in [0.15, 0.2) is 6.61 Å². The quantitative estimate of drug-likeness (QED) is 0.755. The minimum atomic E-state index is -0.550. The summed E-state index contributed by atoms with van der Waals surface area (Å²) in [5, 5.41) is 0. The summed E-state index contributed by atoms with van der Waals surface area (Å²) in [6.07, 6.45) is 0.919. The highest BCUT2D eigenvalue weighted by molar-refractivity contribution is 5.95. The van der Waals surface area contributed by atoms with Crippen LogP contribution in [0.2, 0.25) is 0 Å². The number of halogens is 1. The Kier molecular flexibility index (Phi) is 6.76. The number of rotatable bonds is 7. The van der Waals surface area contributed by atoms with Crippen molar-refractivity contribution in [2.45, 2.75) is 13.3 Å². The van der Waals surface area contributed by atoms with E-state index < -0.39 is 17.6 Å². The van der Waals surface area contributed by atoms with Gasteiger partial charge in [-0.2, -0.15) is 0 Å². The number of carbonyl (C=O) groups excluding carboxylic acids is 2. The SMILES string of the molecule is CCCOc1ccc(OCC(=O)NNC(=O)c2ccc(F)cc2)cc1. The molecule has 0 aliphatic heterocycles. The predicted molar refractivity (Wildman–Crippen MR) is 89.7 cm³/mol. The van der Waals surface area contributed by atoms with Gasteiger partial charge in [0.2, 0.25) is 0 Å². The van der Waals surface area contributed by atoms with Crippen molar-refractivity contribution in [1.29, 1.82) is 0 Å². The molecule has 0 fully saturated rings. The third-order valence-corrected chi connectivity index (χ3v) is 3.09. The van der Waals surface area contributed by atoms with Gasteiger partial charge in [0, 0.05) is 5.56 Å². The Morgan fingerprint density at radius 1 is 0.920 bits per heavy atom. The van der Waals surface area contributed by atoms with Gasteiger partial charge < -0.3 is 9.47 Å². The molecule has 0 aromatic heterocycles. The maximum absolute atomic E-state index is 12.8.